The van der Waals surface area contributed by atoms with Crippen LogP contribution in [0.2, 0.25) is 5.02 Å². The third-order valence-electron chi connectivity index (χ3n) is 5.16. The fourth-order valence-corrected chi connectivity index (χ4v) is 3.83. The second-order valence-corrected chi connectivity index (χ2v) is 7.39. The fraction of sp³-hybridized carbons (Fsp3) is 0.350. The molecular formula is C20H22ClN5O. The number of amides is 1. The minimum Gasteiger partial charge on any atom is -0.361 e. The van der Waals surface area contributed by atoms with Gasteiger partial charge in [0.1, 0.15) is 0 Å². The van der Waals surface area contributed by atoms with Crippen LogP contribution in [-0.2, 0) is 18.3 Å². The van der Waals surface area contributed by atoms with E-state index in [2.05, 4.69) is 10.1 Å². The lowest BCUT2D eigenvalue weighted by atomic mass is 10.0. The van der Waals surface area contributed by atoms with E-state index in [4.69, 9.17) is 16.6 Å². The molecule has 1 amide bonds. The summed E-state index contributed by atoms with van der Waals surface area (Å²) in [5.41, 5.74) is 3.17. The van der Waals surface area contributed by atoms with E-state index >= 15 is 0 Å². The summed E-state index contributed by atoms with van der Waals surface area (Å²) < 4.78 is 1.71. The first-order valence-corrected chi connectivity index (χ1v) is 9.48. The van der Waals surface area contributed by atoms with Gasteiger partial charge in [-0.1, -0.05) is 11.6 Å². The lowest BCUT2D eigenvalue weighted by Gasteiger charge is -2.13. The van der Waals surface area contributed by atoms with Gasteiger partial charge in [0.05, 0.1) is 5.92 Å². The van der Waals surface area contributed by atoms with E-state index in [1.165, 1.54) is 5.56 Å². The van der Waals surface area contributed by atoms with Gasteiger partial charge in [-0.05, 0) is 43.5 Å². The molecule has 27 heavy (non-hydrogen) atoms. The predicted octanol–water partition coefficient (Wildman–Crippen LogP) is 3.61. The second-order valence-electron chi connectivity index (χ2n) is 6.96. The van der Waals surface area contributed by atoms with Crippen LogP contribution < -0.4 is 4.90 Å². The summed E-state index contributed by atoms with van der Waals surface area (Å²) in [6.07, 6.45) is 5.45. The number of carbonyl (C=O) groups is 1. The highest BCUT2D eigenvalue weighted by Gasteiger charge is 2.35. The zero-order valence-corrected chi connectivity index (χ0v) is 16.2. The SMILES string of the molecule is CC(=NCCc1c[nH]c2ccc(Cl)cc12)C1CCN(c2ccn(C)n2)C1=O. The summed E-state index contributed by atoms with van der Waals surface area (Å²) in [6.45, 7) is 3.30. The zero-order chi connectivity index (χ0) is 19.0. The van der Waals surface area contributed by atoms with Gasteiger partial charge in [0, 0.05) is 60.2 Å². The van der Waals surface area contributed by atoms with Crippen molar-refractivity contribution in [3.05, 3.63) is 47.2 Å². The molecule has 0 radical (unpaired) electrons. The minimum atomic E-state index is -0.149. The van der Waals surface area contributed by atoms with E-state index in [1.54, 1.807) is 9.58 Å². The van der Waals surface area contributed by atoms with Crippen LogP contribution in [0.15, 0.2) is 41.7 Å². The second kappa shape index (κ2) is 7.19. The van der Waals surface area contributed by atoms with Crippen LogP contribution in [0.5, 0.6) is 0 Å². The largest absolute Gasteiger partial charge is 0.361 e. The number of aromatic nitrogens is 3. The van der Waals surface area contributed by atoms with E-state index in [0.717, 1.165) is 34.5 Å². The van der Waals surface area contributed by atoms with Crippen molar-refractivity contribution in [3.8, 4) is 0 Å². The number of nitrogens with zero attached hydrogens (tertiary/aromatic N) is 4. The van der Waals surface area contributed by atoms with Gasteiger partial charge in [-0.3, -0.25) is 19.4 Å². The number of aryl methyl sites for hydroxylation is 1. The van der Waals surface area contributed by atoms with Crippen LogP contribution in [0.1, 0.15) is 18.9 Å². The summed E-state index contributed by atoms with van der Waals surface area (Å²) in [5, 5.41) is 6.20. The molecule has 3 aromatic rings. The zero-order valence-electron chi connectivity index (χ0n) is 15.4. The third kappa shape index (κ3) is 3.49. The highest BCUT2D eigenvalue weighted by molar-refractivity contribution is 6.31. The fourth-order valence-electron chi connectivity index (χ4n) is 3.66. The number of benzene rings is 1. The van der Waals surface area contributed by atoms with E-state index in [1.807, 2.05) is 50.6 Å². The summed E-state index contributed by atoms with van der Waals surface area (Å²) in [6, 6.07) is 7.71. The third-order valence-corrected chi connectivity index (χ3v) is 5.39. The maximum absolute atomic E-state index is 12.7. The molecule has 3 heterocycles. The topological polar surface area (TPSA) is 66.3 Å². The van der Waals surface area contributed by atoms with E-state index in [0.29, 0.717) is 18.9 Å². The van der Waals surface area contributed by atoms with Crippen LogP contribution >= 0.6 is 11.6 Å². The van der Waals surface area contributed by atoms with Crippen molar-refractivity contribution in [2.24, 2.45) is 18.0 Å². The number of nitrogens with one attached hydrogen (secondary N) is 1. The Morgan fingerprint density at radius 2 is 2.26 bits per heavy atom. The molecule has 4 rings (SSSR count). The molecule has 1 unspecified atom stereocenters. The van der Waals surface area contributed by atoms with E-state index < -0.39 is 0 Å². The van der Waals surface area contributed by atoms with Gasteiger partial charge in [0.25, 0.3) is 0 Å². The summed E-state index contributed by atoms with van der Waals surface area (Å²) in [7, 11) is 1.85. The summed E-state index contributed by atoms with van der Waals surface area (Å²) in [4.78, 5) is 22.4. The number of fused-ring (bicyclic) bond motifs is 1. The Kier molecular flexibility index (Phi) is 4.74. The molecule has 0 bridgehead atoms. The van der Waals surface area contributed by atoms with Crippen molar-refractivity contribution in [3.63, 3.8) is 0 Å². The van der Waals surface area contributed by atoms with Crippen LogP contribution in [0.4, 0.5) is 5.82 Å². The Morgan fingerprint density at radius 3 is 3.04 bits per heavy atom. The van der Waals surface area contributed by atoms with Gasteiger partial charge in [0.15, 0.2) is 5.82 Å². The van der Waals surface area contributed by atoms with Gasteiger partial charge in [0.2, 0.25) is 5.91 Å². The highest BCUT2D eigenvalue weighted by atomic mass is 35.5. The van der Waals surface area contributed by atoms with Crippen LogP contribution in [-0.4, -0.2) is 39.5 Å². The monoisotopic (exact) mass is 383 g/mol. The molecule has 7 heteroatoms. The lowest BCUT2D eigenvalue weighted by Crippen LogP contribution is -2.30. The maximum Gasteiger partial charge on any atom is 0.237 e. The summed E-state index contributed by atoms with van der Waals surface area (Å²) >= 11 is 6.11. The van der Waals surface area contributed by atoms with E-state index in [-0.39, 0.29) is 11.8 Å². The first kappa shape index (κ1) is 17.8. The Hall–Kier alpha value is -2.60. The number of hydrogen-bond acceptors (Lipinski definition) is 3. The number of halogens is 1. The molecule has 0 aliphatic carbocycles. The van der Waals surface area contributed by atoms with Gasteiger partial charge in [-0.25, -0.2) is 0 Å². The number of anilines is 1. The average Bonchev–Trinajstić information content (AvgIpc) is 3.34. The Labute approximate surface area is 162 Å². The molecule has 0 saturated carbocycles. The number of aliphatic imine (C=N–C) groups is 1. The van der Waals surface area contributed by atoms with Crippen molar-refractivity contribution in [1.29, 1.82) is 0 Å². The van der Waals surface area contributed by atoms with Crippen molar-refractivity contribution in [2.75, 3.05) is 18.0 Å². The van der Waals surface area contributed by atoms with Gasteiger partial charge in [-0.15, -0.1) is 0 Å². The molecule has 0 spiro atoms. The molecule has 140 valence electrons. The van der Waals surface area contributed by atoms with Crippen LogP contribution in [0.25, 0.3) is 10.9 Å². The van der Waals surface area contributed by atoms with Crippen LogP contribution in [0.3, 0.4) is 0 Å². The van der Waals surface area contributed by atoms with Crippen LogP contribution in [0, 0.1) is 5.92 Å². The molecule has 1 aliphatic rings. The molecule has 1 aromatic carbocycles. The normalized spacial score (nSPS) is 18.0. The van der Waals surface area contributed by atoms with E-state index in [9.17, 15) is 4.79 Å². The number of aromatic amines is 1. The highest BCUT2D eigenvalue weighted by Crippen LogP contribution is 2.25. The molecule has 1 aliphatic heterocycles. The number of rotatable bonds is 5. The predicted molar refractivity (Wildman–Crippen MR) is 109 cm³/mol. The van der Waals surface area contributed by atoms with Gasteiger partial charge >= 0.3 is 0 Å². The standard InChI is InChI=1S/C20H22ClN5O/c1-13(16-6-10-26(20(16)27)19-7-9-25(2)24-19)22-8-5-14-12-23-18-4-3-15(21)11-17(14)18/h3-4,7,9,11-12,16,23H,5-6,8,10H2,1-2H3. The van der Waals surface area contributed by atoms with Gasteiger partial charge < -0.3 is 4.98 Å². The Bertz CT molecular complexity index is 1020. The summed E-state index contributed by atoms with van der Waals surface area (Å²) in [5.74, 6) is 0.659. The Morgan fingerprint density at radius 1 is 1.41 bits per heavy atom. The molecule has 6 nitrogen and oxygen atoms in total. The molecule has 1 atom stereocenters. The molecule has 1 N–H and O–H groups in total. The number of carbonyl (C=O) groups excluding carboxylic acids is 1. The lowest BCUT2D eigenvalue weighted by molar-refractivity contribution is -0.118. The minimum absolute atomic E-state index is 0.0915. The number of H-pyrrole nitrogens is 1. The smallest absolute Gasteiger partial charge is 0.237 e. The number of hydrogen-bond donors (Lipinski definition) is 1. The van der Waals surface area contributed by atoms with Crippen molar-refractivity contribution in [2.45, 2.75) is 19.8 Å². The average molecular weight is 384 g/mol. The van der Waals surface area contributed by atoms with Gasteiger partial charge in [-0.2, -0.15) is 5.10 Å². The quantitative estimate of drug-likeness (QED) is 0.684. The van der Waals surface area contributed by atoms with Crippen molar-refractivity contribution in [1.82, 2.24) is 14.8 Å². The first-order chi connectivity index (χ1) is 13.0. The molecule has 2 aromatic heterocycles. The van der Waals surface area contributed by atoms with Crippen molar-refractivity contribution < 1.29 is 4.79 Å². The van der Waals surface area contributed by atoms with Crippen molar-refractivity contribution >= 4 is 39.9 Å². The Balaban J connectivity index is 1.42. The molecule has 1 saturated heterocycles. The molecule has 1 fully saturated rings. The first-order valence-electron chi connectivity index (χ1n) is 9.10. The molecular weight excluding hydrogens is 362 g/mol. The maximum atomic E-state index is 12.7.